The quantitative estimate of drug-likeness (QED) is 0.476. The van der Waals surface area contributed by atoms with Gasteiger partial charge in [0.2, 0.25) is 0 Å². The van der Waals surface area contributed by atoms with Gasteiger partial charge in [-0.3, -0.25) is 14.9 Å². The predicted molar refractivity (Wildman–Crippen MR) is 104 cm³/mol. The minimum Gasteiger partial charge on any atom is -0.462 e. The molecule has 0 spiro atoms. The van der Waals surface area contributed by atoms with Crippen LogP contribution in [0.1, 0.15) is 36.4 Å². The summed E-state index contributed by atoms with van der Waals surface area (Å²) < 4.78 is 10.9. The number of nitrogens with one attached hydrogen (secondary N) is 1. The van der Waals surface area contributed by atoms with Crippen LogP contribution in [0.25, 0.3) is 17.4 Å². The minimum absolute atomic E-state index is 0.104. The lowest BCUT2D eigenvalue weighted by Crippen LogP contribution is -2.37. The third kappa shape index (κ3) is 4.17. The molecule has 3 rings (SSSR count). The van der Waals surface area contributed by atoms with Crippen molar-refractivity contribution in [3.63, 3.8) is 0 Å². The molecule has 0 saturated carbocycles. The van der Waals surface area contributed by atoms with Gasteiger partial charge in [-0.05, 0) is 49.3 Å². The van der Waals surface area contributed by atoms with Crippen molar-refractivity contribution in [1.82, 2.24) is 5.32 Å². The number of benzene rings is 1. The summed E-state index contributed by atoms with van der Waals surface area (Å²) >= 11 is 0. The average Bonchev–Trinajstić information content (AvgIpc) is 3.18. The first-order chi connectivity index (χ1) is 13.9. The molecule has 29 heavy (non-hydrogen) atoms. The highest BCUT2D eigenvalue weighted by Crippen LogP contribution is 2.27. The summed E-state index contributed by atoms with van der Waals surface area (Å²) in [7, 11) is 0. The van der Waals surface area contributed by atoms with E-state index in [4.69, 9.17) is 14.4 Å². The smallest absolute Gasteiger partial charge is 0.338 e. The van der Waals surface area contributed by atoms with Crippen LogP contribution in [0.3, 0.4) is 0 Å². The molecular formula is C22H18N2O5. The maximum absolute atomic E-state index is 12.1. The van der Waals surface area contributed by atoms with Crippen LogP contribution in [-0.4, -0.2) is 24.4 Å². The zero-order valence-electron chi connectivity index (χ0n) is 15.9. The Kier molecular flexibility index (Phi) is 5.74. The standard InChI is InChI=1S/C22H18N2O5/c1-3-10-28-22(27)15-6-4-14(5-7-15)19-9-8-16(29-19)11-17-13(2)18(12-23)21(26)24-20(17)25/h4-9,11H,3,10H2,1-2H3,(H,24,25,26). The summed E-state index contributed by atoms with van der Waals surface area (Å²) in [6, 6.07) is 12.0. The van der Waals surface area contributed by atoms with Crippen LogP contribution in [-0.2, 0) is 14.3 Å². The Balaban J connectivity index is 1.84. The SMILES string of the molecule is CCCOC(=O)c1ccc(-c2ccc(C=C3C(=O)NC(=O)C(C#N)=C3C)o2)cc1. The molecule has 1 N–H and O–H groups in total. The lowest BCUT2D eigenvalue weighted by molar-refractivity contribution is -0.126. The zero-order valence-corrected chi connectivity index (χ0v) is 15.9. The fraction of sp³-hybridized carbons (Fsp3) is 0.182. The van der Waals surface area contributed by atoms with Crippen molar-refractivity contribution < 1.29 is 23.5 Å². The number of esters is 1. The van der Waals surface area contributed by atoms with E-state index < -0.39 is 11.8 Å². The van der Waals surface area contributed by atoms with E-state index in [0.717, 1.165) is 12.0 Å². The van der Waals surface area contributed by atoms with Gasteiger partial charge in [0.25, 0.3) is 11.8 Å². The van der Waals surface area contributed by atoms with Gasteiger partial charge in [-0.1, -0.05) is 19.1 Å². The van der Waals surface area contributed by atoms with Gasteiger partial charge in [-0.25, -0.2) is 4.79 Å². The Labute approximate surface area is 167 Å². The predicted octanol–water partition coefficient (Wildman–Crippen LogP) is 3.39. The third-order valence-corrected chi connectivity index (χ3v) is 4.35. The fourth-order valence-electron chi connectivity index (χ4n) is 2.79. The second kappa shape index (κ2) is 8.40. The van der Waals surface area contributed by atoms with E-state index in [9.17, 15) is 14.4 Å². The molecule has 0 aliphatic carbocycles. The summed E-state index contributed by atoms with van der Waals surface area (Å²) in [5.41, 5.74) is 1.58. The molecule has 0 radical (unpaired) electrons. The molecule has 146 valence electrons. The Morgan fingerprint density at radius 3 is 2.55 bits per heavy atom. The van der Waals surface area contributed by atoms with Crippen molar-refractivity contribution in [2.45, 2.75) is 20.3 Å². The summed E-state index contributed by atoms with van der Waals surface area (Å²) in [6.45, 7) is 3.84. The Hall–Kier alpha value is -3.92. The van der Waals surface area contributed by atoms with E-state index in [1.165, 1.54) is 6.08 Å². The number of ether oxygens (including phenoxy) is 1. The molecule has 1 aliphatic heterocycles. The molecule has 7 nitrogen and oxygen atoms in total. The Morgan fingerprint density at radius 2 is 1.90 bits per heavy atom. The van der Waals surface area contributed by atoms with Crippen molar-refractivity contribution in [3.8, 4) is 17.4 Å². The normalized spacial score (nSPS) is 15.3. The molecule has 0 saturated heterocycles. The molecule has 0 atom stereocenters. The van der Waals surface area contributed by atoms with Crippen LogP contribution in [0.15, 0.2) is 57.5 Å². The van der Waals surface area contributed by atoms with Gasteiger partial charge in [0.05, 0.1) is 12.2 Å². The average molecular weight is 390 g/mol. The van der Waals surface area contributed by atoms with E-state index in [1.54, 1.807) is 49.4 Å². The molecule has 7 heteroatoms. The highest BCUT2D eigenvalue weighted by molar-refractivity contribution is 6.19. The highest BCUT2D eigenvalue weighted by atomic mass is 16.5. The summed E-state index contributed by atoms with van der Waals surface area (Å²) in [4.78, 5) is 35.6. The van der Waals surface area contributed by atoms with Gasteiger partial charge in [-0.15, -0.1) is 0 Å². The molecular weight excluding hydrogens is 372 g/mol. The maximum atomic E-state index is 12.1. The van der Waals surface area contributed by atoms with Crippen molar-refractivity contribution >= 4 is 23.9 Å². The first-order valence-corrected chi connectivity index (χ1v) is 9.00. The maximum Gasteiger partial charge on any atom is 0.338 e. The first-order valence-electron chi connectivity index (χ1n) is 9.00. The second-order valence-electron chi connectivity index (χ2n) is 6.37. The van der Waals surface area contributed by atoms with Crippen LogP contribution >= 0.6 is 0 Å². The van der Waals surface area contributed by atoms with Crippen LogP contribution in [0, 0.1) is 11.3 Å². The van der Waals surface area contributed by atoms with Crippen molar-refractivity contribution in [3.05, 3.63) is 64.4 Å². The Bertz CT molecular complexity index is 1080. The molecule has 0 unspecified atom stereocenters. The van der Waals surface area contributed by atoms with E-state index in [2.05, 4.69) is 5.32 Å². The van der Waals surface area contributed by atoms with Gasteiger partial charge < -0.3 is 9.15 Å². The van der Waals surface area contributed by atoms with Gasteiger partial charge in [0, 0.05) is 11.1 Å². The zero-order chi connectivity index (χ0) is 21.0. The minimum atomic E-state index is -0.704. The van der Waals surface area contributed by atoms with E-state index >= 15 is 0 Å². The number of carbonyl (C=O) groups is 3. The molecule has 2 aromatic rings. The Morgan fingerprint density at radius 1 is 1.17 bits per heavy atom. The lowest BCUT2D eigenvalue weighted by Gasteiger charge is -2.15. The number of hydrogen-bond donors (Lipinski definition) is 1. The van der Waals surface area contributed by atoms with Gasteiger partial charge in [0.1, 0.15) is 23.2 Å². The number of amides is 2. The molecule has 1 aliphatic rings. The third-order valence-electron chi connectivity index (χ3n) is 4.35. The summed E-state index contributed by atoms with van der Waals surface area (Å²) in [6.07, 6.45) is 2.24. The summed E-state index contributed by atoms with van der Waals surface area (Å²) in [5.74, 6) is -0.733. The molecule has 2 heterocycles. The number of nitrogens with zero attached hydrogens (tertiary/aromatic N) is 1. The summed E-state index contributed by atoms with van der Waals surface area (Å²) in [5, 5.41) is 11.2. The molecule has 2 amide bonds. The molecule has 1 aromatic carbocycles. The molecule has 0 bridgehead atoms. The lowest BCUT2D eigenvalue weighted by atomic mass is 9.96. The van der Waals surface area contributed by atoms with Crippen molar-refractivity contribution in [2.24, 2.45) is 0 Å². The van der Waals surface area contributed by atoms with Crippen LogP contribution in [0.5, 0.6) is 0 Å². The van der Waals surface area contributed by atoms with E-state index in [-0.39, 0.29) is 17.1 Å². The number of nitriles is 1. The van der Waals surface area contributed by atoms with Gasteiger partial charge in [0.15, 0.2) is 0 Å². The van der Waals surface area contributed by atoms with Crippen LogP contribution < -0.4 is 5.32 Å². The van der Waals surface area contributed by atoms with E-state index in [1.807, 2.05) is 6.92 Å². The number of rotatable bonds is 5. The highest BCUT2D eigenvalue weighted by Gasteiger charge is 2.27. The largest absolute Gasteiger partial charge is 0.462 e. The second-order valence-corrected chi connectivity index (χ2v) is 6.37. The first kappa shape index (κ1) is 19.8. The fourth-order valence-corrected chi connectivity index (χ4v) is 2.79. The van der Waals surface area contributed by atoms with Gasteiger partial charge in [-0.2, -0.15) is 5.26 Å². The monoisotopic (exact) mass is 390 g/mol. The molecule has 0 fully saturated rings. The van der Waals surface area contributed by atoms with Crippen LogP contribution in [0.4, 0.5) is 0 Å². The van der Waals surface area contributed by atoms with Crippen molar-refractivity contribution in [1.29, 1.82) is 5.26 Å². The van der Waals surface area contributed by atoms with E-state index in [0.29, 0.717) is 29.3 Å². The number of imide groups is 1. The topological polar surface area (TPSA) is 109 Å². The number of carbonyl (C=O) groups excluding carboxylic acids is 3. The van der Waals surface area contributed by atoms with Crippen LogP contribution in [0.2, 0.25) is 0 Å². The van der Waals surface area contributed by atoms with Crippen molar-refractivity contribution in [2.75, 3.05) is 6.61 Å². The number of hydrogen-bond acceptors (Lipinski definition) is 6. The number of furan rings is 1. The molecule has 1 aromatic heterocycles. The van der Waals surface area contributed by atoms with Gasteiger partial charge >= 0.3 is 5.97 Å².